The maximum absolute atomic E-state index is 13.0. The van der Waals surface area contributed by atoms with Crippen molar-refractivity contribution in [3.63, 3.8) is 0 Å². The molecule has 13 heteroatoms. The van der Waals surface area contributed by atoms with E-state index in [0.717, 1.165) is 0 Å². The number of carboxylic acid groups (broad SMARTS) is 1. The molecular formula is C22H34N6O7. The summed E-state index contributed by atoms with van der Waals surface area (Å²) in [5, 5.41) is 26.3. The van der Waals surface area contributed by atoms with Gasteiger partial charge in [0.25, 0.3) is 0 Å². The third-order valence-electron chi connectivity index (χ3n) is 5.09. The van der Waals surface area contributed by atoms with Crippen LogP contribution >= 0.6 is 0 Å². The zero-order valence-corrected chi connectivity index (χ0v) is 19.4. The first-order chi connectivity index (χ1) is 16.6. The number of benzene rings is 1. The van der Waals surface area contributed by atoms with Crippen LogP contribution in [0.25, 0.3) is 0 Å². The number of hydrogen-bond donors (Lipinski definition) is 8. The summed E-state index contributed by atoms with van der Waals surface area (Å²) in [5.41, 5.74) is 16.4. The number of carbonyl (C=O) groups is 5. The van der Waals surface area contributed by atoms with Gasteiger partial charge in [-0.15, -0.1) is 0 Å². The number of carboxylic acids is 1. The average molecular weight is 495 g/mol. The first kappa shape index (κ1) is 29.3. The van der Waals surface area contributed by atoms with E-state index in [1.54, 1.807) is 12.1 Å². The molecule has 35 heavy (non-hydrogen) atoms. The number of rotatable bonds is 16. The Balaban J connectivity index is 3.09. The van der Waals surface area contributed by atoms with Gasteiger partial charge in [-0.2, -0.15) is 0 Å². The van der Waals surface area contributed by atoms with E-state index < -0.39 is 54.3 Å². The Bertz CT molecular complexity index is 878. The number of phenolic OH excluding ortho intramolecular Hbond substituents is 1. The molecule has 0 fully saturated rings. The fourth-order valence-electron chi connectivity index (χ4n) is 3.18. The fraction of sp³-hybridized carbons (Fsp3) is 0.500. The van der Waals surface area contributed by atoms with Crippen molar-refractivity contribution in [2.75, 3.05) is 13.1 Å². The minimum Gasteiger partial charge on any atom is -0.508 e. The molecule has 0 aromatic heterocycles. The number of nitrogens with two attached hydrogens (primary N) is 3. The van der Waals surface area contributed by atoms with Gasteiger partial charge in [-0.3, -0.25) is 19.2 Å². The van der Waals surface area contributed by atoms with Crippen molar-refractivity contribution in [3.05, 3.63) is 29.8 Å². The van der Waals surface area contributed by atoms with Crippen molar-refractivity contribution in [2.24, 2.45) is 17.2 Å². The van der Waals surface area contributed by atoms with Crippen LogP contribution in [0, 0.1) is 0 Å². The van der Waals surface area contributed by atoms with Gasteiger partial charge in [0, 0.05) is 12.8 Å². The molecule has 4 amide bonds. The summed E-state index contributed by atoms with van der Waals surface area (Å²) >= 11 is 0. The number of unbranched alkanes of at least 4 members (excludes halogenated alkanes) is 1. The van der Waals surface area contributed by atoms with E-state index in [1.165, 1.54) is 12.1 Å². The quantitative estimate of drug-likeness (QED) is 0.116. The van der Waals surface area contributed by atoms with Gasteiger partial charge in [0.05, 0.1) is 6.54 Å². The van der Waals surface area contributed by atoms with Crippen LogP contribution in [0.1, 0.15) is 37.7 Å². The molecule has 0 heterocycles. The Morgan fingerprint density at radius 3 is 1.97 bits per heavy atom. The van der Waals surface area contributed by atoms with Crippen molar-refractivity contribution < 1.29 is 34.2 Å². The van der Waals surface area contributed by atoms with Gasteiger partial charge in [0.2, 0.25) is 23.6 Å². The molecule has 0 saturated carbocycles. The lowest BCUT2D eigenvalue weighted by atomic mass is 10.0. The highest BCUT2D eigenvalue weighted by atomic mass is 16.4. The number of aliphatic carboxylic acids is 1. The highest BCUT2D eigenvalue weighted by molar-refractivity contribution is 5.94. The zero-order valence-electron chi connectivity index (χ0n) is 19.4. The molecule has 0 spiro atoms. The Labute approximate surface area is 202 Å². The predicted octanol–water partition coefficient (Wildman–Crippen LogP) is -2.17. The van der Waals surface area contributed by atoms with Gasteiger partial charge in [0.15, 0.2) is 0 Å². The number of amides is 4. The normalized spacial score (nSPS) is 13.2. The van der Waals surface area contributed by atoms with E-state index in [2.05, 4.69) is 16.0 Å². The Morgan fingerprint density at radius 2 is 1.43 bits per heavy atom. The maximum Gasteiger partial charge on any atom is 0.326 e. The van der Waals surface area contributed by atoms with Crippen LogP contribution in [0.15, 0.2) is 24.3 Å². The van der Waals surface area contributed by atoms with Crippen LogP contribution in [0.3, 0.4) is 0 Å². The molecule has 0 saturated heterocycles. The first-order valence-electron chi connectivity index (χ1n) is 11.2. The van der Waals surface area contributed by atoms with Crippen LogP contribution < -0.4 is 33.2 Å². The predicted molar refractivity (Wildman–Crippen MR) is 126 cm³/mol. The number of carbonyl (C=O) groups excluding carboxylic acids is 4. The van der Waals surface area contributed by atoms with Crippen molar-refractivity contribution in [1.82, 2.24) is 16.0 Å². The van der Waals surface area contributed by atoms with E-state index in [0.29, 0.717) is 24.9 Å². The standard InChI is InChI=1S/C22H34N6O7/c23-10-2-1-3-16(22(34)35)27-21(33)17(11-13-4-6-14(29)7-5-13)28-20(32)15(8-9-18(25)30)26-19(31)12-24/h4-7,15-17,29H,1-3,8-12,23-24H2,(H2,25,30)(H,26,31)(H,27,33)(H,28,32)(H,34,35). The van der Waals surface area contributed by atoms with Crippen LogP contribution in [0.2, 0.25) is 0 Å². The Hall–Kier alpha value is -3.71. The van der Waals surface area contributed by atoms with Crippen molar-refractivity contribution >= 4 is 29.6 Å². The lowest BCUT2D eigenvalue weighted by Crippen LogP contribution is -2.57. The molecule has 0 aliphatic heterocycles. The van der Waals surface area contributed by atoms with E-state index in [9.17, 15) is 34.2 Å². The Morgan fingerprint density at radius 1 is 0.829 bits per heavy atom. The summed E-state index contributed by atoms with van der Waals surface area (Å²) in [7, 11) is 0. The number of nitrogens with one attached hydrogen (secondary N) is 3. The first-order valence-corrected chi connectivity index (χ1v) is 11.2. The van der Waals surface area contributed by atoms with Gasteiger partial charge in [-0.05, 0) is 49.9 Å². The van der Waals surface area contributed by atoms with Crippen molar-refractivity contribution in [1.29, 1.82) is 0 Å². The molecule has 1 aromatic carbocycles. The number of phenols is 1. The number of hydrogen-bond acceptors (Lipinski definition) is 8. The van der Waals surface area contributed by atoms with E-state index in [1.807, 2.05) is 0 Å². The molecule has 1 aromatic rings. The van der Waals surface area contributed by atoms with E-state index >= 15 is 0 Å². The summed E-state index contributed by atoms with van der Waals surface area (Å²) in [6.07, 6.45) is 0.822. The molecule has 0 radical (unpaired) electrons. The van der Waals surface area contributed by atoms with Crippen molar-refractivity contribution in [3.8, 4) is 5.75 Å². The van der Waals surface area contributed by atoms with Crippen molar-refractivity contribution in [2.45, 2.75) is 56.7 Å². The molecule has 3 atom stereocenters. The highest BCUT2D eigenvalue weighted by Crippen LogP contribution is 2.12. The van der Waals surface area contributed by atoms with Crippen LogP contribution in [-0.2, 0) is 30.4 Å². The summed E-state index contributed by atoms with van der Waals surface area (Å²) in [6, 6.07) is 2.25. The molecule has 0 aliphatic rings. The summed E-state index contributed by atoms with van der Waals surface area (Å²) < 4.78 is 0. The largest absolute Gasteiger partial charge is 0.508 e. The van der Waals surface area contributed by atoms with Crippen LogP contribution in [0.5, 0.6) is 5.75 Å². The topological polar surface area (TPSA) is 240 Å². The van der Waals surface area contributed by atoms with E-state index in [4.69, 9.17) is 17.2 Å². The molecular weight excluding hydrogens is 460 g/mol. The van der Waals surface area contributed by atoms with Crippen LogP contribution in [0.4, 0.5) is 0 Å². The molecule has 13 nitrogen and oxygen atoms in total. The monoisotopic (exact) mass is 494 g/mol. The number of primary amides is 1. The summed E-state index contributed by atoms with van der Waals surface area (Å²) in [6.45, 7) is -0.0259. The second-order valence-electron chi connectivity index (χ2n) is 7.94. The Kier molecular flexibility index (Phi) is 12.8. The summed E-state index contributed by atoms with van der Waals surface area (Å²) in [4.78, 5) is 60.5. The minimum absolute atomic E-state index is 0.000597. The average Bonchev–Trinajstić information content (AvgIpc) is 2.81. The van der Waals surface area contributed by atoms with Gasteiger partial charge >= 0.3 is 5.97 Å². The molecule has 194 valence electrons. The van der Waals surface area contributed by atoms with Crippen LogP contribution in [-0.4, -0.2) is 71.0 Å². The lowest BCUT2D eigenvalue weighted by molar-refractivity contribution is -0.142. The zero-order chi connectivity index (χ0) is 26.4. The maximum atomic E-state index is 13.0. The van der Waals surface area contributed by atoms with Gasteiger partial charge in [-0.1, -0.05) is 12.1 Å². The lowest BCUT2D eigenvalue weighted by Gasteiger charge is -2.24. The van der Waals surface area contributed by atoms with Gasteiger partial charge in [0.1, 0.15) is 23.9 Å². The fourth-order valence-corrected chi connectivity index (χ4v) is 3.18. The van der Waals surface area contributed by atoms with E-state index in [-0.39, 0.29) is 31.4 Å². The molecule has 3 unspecified atom stereocenters. The molecule has 0 aliphatic carbocycles. The molecule has 0 bridgehead atoms. The summed E-state index contributed by atoms with van der Waals surface area (Å²) in [5.74, 6) is -4.11. The SMILES string of the molecule is NCCCCC(NC(=O)C(Cc1ccc(O)cc1)NC(=O)C(CCC(N)=O)NC(=O)CN)C(=O)O. The minimum atomic E-state index is -1.24. The molecule has 1 rings (SSSR count). The smallest absolute Gasteiger partial charge is 0.326 e. The second kappa shape index (κ2) is 15.2. The van der Waals surface area contributed by atoms with Gasteiger partial charge in [-0.25, -0.2) is 4.79 Å². The third-order valence-corrected chi connectivity index (χ3v) is 5.09. The van der Waals surface area contributed by atoms with Gasteiger partial charge < -0.3 is 43.4 Å². The number of aromatic hydroxyl groups is 1. The second-order valence-corrected chi connectivity index (χ2v) is 7.94. The molecule has 11 N–H and O–H groups in total. The third kappa shape index (κ3) is 11.3. The highest BCUT2D eigenvalue weighted by Gasteiger charge is 2.29.